The molecule has 0 aliphatic carbocycles. The van der Waals surface area contributed by atoms with Crippen LogP contribution in [0.1, 0.15) is 0 Å². The first-order valence-electron chi connectivity index (χ1n) is 7.22. The van der Waals surface area contributed by atoms with E-state index in [9.17, 15) is 19.2 Å². The molecule has 12 heteroatoms. The fraction of sp³-hybridized carbons (Fsp3) is 0.250. The monoisotopic (exact) mass is 402 g/mol. The number of carbonyl (C=O) groups is 4. The minimum absolute atomic E-state index is 0.704. The predicted octanol–water partition coefficient (Wildman–Crippen LogP) is 2.91. The normalized spacial score (nSPS) is 11.3. The van der Waals surface area contributed by atoms with Crippen molar-refractivity contribution in [2.75, 3.05) is 13.2 Å². The van der Waals surface area contributed by atoms with E-state index in [1.165, 1.54) is 0 Å². The lowest BCUT2D eigenvalue weighted by molar-refractivity contribution is -0.0864. The first-order valence-corrected chi connectivity index (χ1v) is 7.22. The van der Waals surface area contributed by atoms with Gasteiger partial charge in [-0.2, -0.15) is 0 Å². The molecule has 0 saturated carbocycles. The van der Waals surface area contributed by atoms with Crippen LogP contribution in [0.15, 0.2) is 51.4 Å². The van der Waals surface area contributed by atoms with E-state index in [-0.39, 0.29) is 0 Å². The second kappa shape index (κ2) is 14.2. The van der Waals surface area contributed by atoms with Crippen LogP contribution >= 0.6 is 0 Å². The fourth-order valence-electron chi connectivity index (χ4n) is 1.38. The van der Waals surface area contributed by atoms with Crippen molar-refractivity contribution >= 4 is 24.6 Å². The number of hydrogen-bond acceptors (Lipinski definition) is 12. The molecule has 0 aromatic heterocycles. The van der Waals surface area contributed by atoms with Crippen molar-refractivity contribution in [2.45, 2.75) is 12.2 Å². The molecular formula is C16H18O12. The molecular weight excluding hydrogens is 384 g/mol. The van der Waals surface area contributed by atoms with Crippen molar-refractivity contribution in [2.24, 2.45) is 0 Å². The van der Waals surface area contributed by atoms with E-state index in [0.29, 0.717) is 0 Å². The first kappa shape index (κ1) is 24.0. The number of hydrogen-bond donors (Lipinski definition) is 0. The molecule has 0 heterocycles. The predicted molar refractivity (Wildman–Crippen MR) is 88.4 cm³/mol. The maximum atomic E-state index is 11.5. The Bertz CT molecular complexity index is 544. The summed E-state index contributed by atoms with van der Waals surface area (Å²) in [7, 11) is 0. The molecule has 0 aliphatic heterocycles. The Labute approximate surface area is 159 Å². The highest BCUT2D eigenvalue weighted by Gasteiger charge is 2.33. The maximum absolute atomic E-state index is 11.5. The summed E-state index contributed by atoms with van der Waals surface area (Å²) in [4.78, 5) is 45.7. The molecule has 0 amide bonds. The summed E-state index contributed by atoms with van der Waals surface area (Å²) in [6, 6.07) is 0. The van der Waals surface area contributed by atoms with Crippen LogP contribution in [0.5, 0.6) is 0 Å². The van der Waals surface area contributed by atoms with Crippen molar-refractivity contribution in [3.05, 3.63) is 51.4 Å². The largest absolute Gasteiger partial charge is 0.513 e. The van der Waals surface area contributed by atoms with Gasteiger partial charge in [-0.15, -0.1) is 0 Å². The molecule has 28 heavy (non-hydrogen) atoms. The number of ether oxygens (including phenoxy) is 8. The van der Waals surface area contributed by atoms with E-state index in [2.05, 4.69) is 54.7 Å². The summed E-state index contributed by atoms with van der Waals surface area (Å²) in [5.41, 5.74) is 0. The van der Waals surface area contributed by atoms with E-state index in [0.717, 1.165) is 25.0 Å². The van der Waals surface area contributed by atoms with Gasteiger partial charge < -0.3 is 37.9 Å². The molecule has 12 nitrogen and oxygen atoms in total. The third kappa shape index (κ3) is 10.8. The van der Waals surface area contributed by atoms with E-state index >= 15 is 0 Å². The van der Waals surface area contributed by atoms with Crippen LogP contribution in [-0.2, 0) is 37.9 Å². The van der Waals surface area contributed by atoms with Gasteiger partial charge in [0.1, 0.15) is 13.2 Å². The van der Waals surface area contributed by atoms with E-state index in [4.69, 9.17) is 9.47 Å². The summed E-state index contributed by atoms with van der Waals surface area (Å²) in [6.45, 7) is 11.2. The molecule has 2 unspecified atom stereocenters. The van der Waals surface area contributed by atoms with Crippen molar-refractivity contribution < 1.29 is 57.1 Å². The van der Waals surface area contributed by atoms with Crippen LogP contribution in [0.2, 0.25) is 0 Å². The summed E-state index contributed by atoms with van der Waals surface area (Å²) < 4.78 is 36.4. The van der Waals surface area contributed by atoms with Gasteiger partial charge in [0.25, 0.3) is 0 Å². The molecule has 0 aromatic carbocycles. The topological polar surface area (TPSA) is 142 Å². The Kier molecular flexibility index (Phi) is 12.2. The van der Waals surface area contributed by atoms with Crippen LogP contribution < -0.4 is 0 Å². The Balaban J connectivity index is 5.33. The van der Waals surface area contributed by atoms with Crippen molar-refractivity contribution in [1.82, 2.24) is 0 Å². The summed E-state index contributed by atoms with van der Waals surface area (Å²) in [5.74, 6) is 0. The van der Waals surface area contributed by atoms with Gasteiger partial charge >= 0.3 is 24.6 Å². The lowest BCUT2D eigenvalue weighted by atomic mass is 10.2. The van der Waals surface area contributed by atoms with E-state index in [1.807, 2.05) is 0 Å². The molecule has 0 N–H and O–H groups in total. The maximum Gasteiger partial charge on any atom is 0.513 e. The van der Waals surface area contributed by atoms with Gasteiger partial charge in [0.05, 0.1) is 25.0 Å². The highest BCUT2D eigenvalue weighted by molar-refractivity contribution is 5.63. The van der Waals surface area contributed by atoms with Gasteiger partial charge in [-0.3, -0.25) is 0 Å². The van der Waals surface area contributed by atoms with E-state index < -0.39 is 50.0 Å². The first-order chi connectivity index (χ1) is 13.4. The van der Waals surface area contributed by atoms with E-state index in [1.54, 1.807) is 0 Å². The lowest BCUT2D eigenvalue weighted by Gasteiger charge is -2.24. The van der Waals surface area contributed by atoms with Gasteiger partial charge in [-0.25, -0.2) is 19.2 Å². The van der Waals surface area contributed by atoms with Gasteiger partial charge in [0.15, 0.2) is 12.2 Å². The zero-order chi connectivity index (χ0) is 21.4. The number of rotatable bonds is 11. The Morgan fingerprint density at radius 3 is 1.14 bits per heavy atom. The Morgan fingerprint density at radius 2 is 0.857 bits per heavy atom. The lowest BCUT2D eigenvalue weighted by Crippen LogP contribution is -2.42. The quantitative estimate of drug-likeness (QED) is 0.285. The number of carbonyl (C=O) groups excluding carboxylic acids is 4. The minimum Gasteiger partial charge on any atom is -0.430 e. The van der Waals surface area contributed by atoms with Crippen LogP contribution in [0, 0.1) is 0 Å². The van der Waals surface area contributed by atoms with Gasteiger partial charge in [-0.1, -0.05) is 26.3 Å². The zero-order valence-electron chi connectivity index (χ0n) is 14.6. The molecule has 0 spiro atoms. The van der Waals surface area contributed by atoms with Crippen molar-refractivity contribution in [1.29, 1.82) is 0 Å². The average Bonchev–Trinajstić information content (AvgIpc) is 2.63. The van der Waals surface area contributed by atoms with Crippen molar-refractivity contribution in [3.8, 4) is 0 Å². The smallest absolute Gasteiger partial charge is 0.430 e. The SMILES string of the molecule is C=COC(=O)OCC(OC(=O)OC=C)C(COC(=O)OC=C)OC(=O)OC=C. The molecule has 0 fully saturated rings. The second-order valence-electron chi connectivity index (χ2n) is 4.07. The molecule has 0 aromatic rings. The highest BCUT2D eigenvalue weighted by atomic mass is 16.8. The summed E-state index contributed by atoms with van der Waals surface area (Å²) in [5, 5.41) is 0. The molecule has 0 saturated heterocycles. The molecule has 0 bridgehead atoms. The average molecular weight is 402 g/mol. The standard InChI is InChI=1S/C16H18O12/c1-5-21-13(17)25-9-11(27-15(19)23-7-3)12(28-16(20)24-8-4)10-26-14(18)22-6-2/h5-8,11-12H,1-4,9-10H2. The molecule has 0 aliphatic rings. The van der Waals surface area contributed by atoms with Crippen molar-refractivity contribution in [3.63, 3.8) is 0 Å². The molecule has 0 radical (unpaired) electrons. The summed E-state index contributed by atoms with van der Waals surface area (Å²) in [6.07, 6.45) is -4.97. The molecule has 0 rings (SSSR count). The fourth-order valence-corrected chi connectivity index (χ4v) is 1.38. The second-order valence-corrected chi connectivity index (χ2v) is 4.07. The van der Waals surface area contributed by atoms with Gasteiger partial charge in [0, 0.05) is 0 Å². The zero-order valence-corrected chi connectivity index (χ0v) is 14.6. The van der Waals surface area contributed by atoms with Gasteiger partial charge in [0.2, 0.25) is 0 Å². The van der Waals surface area contributed by atoms with Crippen LogP contribution in [-0.4, -0.2) is 50.0 Å². The summed E-state index contributed by atoms with van der Waals surface area (Å²) >= 11 is 0. The van der Waals surface area contributed by atoms with Crippen LogP contribution in [0.25, 0.3) is 0 Å². The Morgan fingerprint density at radius 1 is 0.571 bits per heavy atom. The minimum atomic E-state index is -1.53. The van der Waals surface area contributed by atoms with Crippen LogP contribution in [0.3, 0.4) is 0 Å². The van der Waals surface area contributed by atoms with Gasteiger partial charge in [-0.05, 0) is 0 Å². The van der Waals surface area contributed by atoms with Crippen LogP contribution in [0.4, 0.5) is 19.2 Å². The Hall–Kier alpha value is -3.96. The third-order valence-corrected chi connectivity index (χ3v) is 2.36. The highest BCUT2D eigenvalue weighted by Crippen LogP contribution is 2.11. The molecule has 154 valence electrons. The third-order valence-electron chi connectivity index (χ3n) is 2.36. The molecule has 2 atom stereocenters.